The van der Waals surface area contributed by atoms with E-state index in [4.69, 9.17) is 9.47 Å². The van der Waals surface area contributed by atoms with Gasteiger partial charge in [-0.3, -0.25) is 4.79 Å². The van der Waals surface area contributed by atoms with Gasteiger partial charge in [0.15, 0.2) is 0 Å². The van der Waals surface area contributed by atoms with Gasteiger partial charge >= 0.3 is 5.97 Å². The van der Waals surface area contributed by atoms with E-state index in [2.05, 4.69) is 20.8 Å². The minimum absolute atomic E-state index is 0.00843. The van der Waals surface area contributed by atoms with Gasteiger partial charge in [0.1, 0.15) is 12.2 Å². The van der Waals surface area contributed by atoms with E-state index in [1.54, 1.807) is 0 Å². The van der Waals surface area contributed by atoms with Crippen molar-refractivity contribution < 1.29 is 14.3 Å². The third kappa shape index (κ3) is 1.89. The van der Waals surface area contributed by atoms with Crippen molar-refractivity contribution >= 4 is 5.97 Å². The number of rotatable bonds is 2. The molecule has 86 valence electrons. The van der Waals surface area contributed by atoms with Crippen LogP contribution in [0, 0.1) is 11.8 Å². The van der Waals surface area contributed by atoms with Gasteiger partial charge < -0.3 is 9.47 Å². The molecular formula is C12H20O3. The molecule has 2 rings (SSSR count). The molecule has 2 fully saturated rings. The molecule has 1 aliphatic carbocycles. The molecule has 0 bridgehead atoms. The summed E-state index contributed by atoms with van der Waals surface area (Å²) in [6.45, 7) is 7.97. The molecule has 1 heterocycles. The number of ether oxygens (including phenoxy) is 2. The largest absolute Gasteiger partial charge is 0.459 e. The Labute approximate surface area is 91.1 Å². The Morgan fingerprint density at radius 1 is 1.53 bits per heavy atom. The number of fused-ring (bicyclic) bond motifs is 1. The van der Waals surface area contributed by atoms with Crippen molar-refractivity contribution in [2.24, 2.45) is 11.8 Å². The molecule has 4 atom stereocenters. The van der Waals surface area contributed by atoms with Crippen molar-refractivity contribution in [2.75, 3.05) is 0 Å². The maximum absolute atomic E-state index is 11.1. The molecule has 3 nitrogen and oxygen atoms in total. The van der Waals surface area contributed by atoms with Crippen LogP contribution in [-0.2, 0) is 14.3 Å². The Bertz CT molecular complexity index is 274. The number of carbonyl (C=O) groups is 1. The minimum atomic E-state index is -0.189. The molecule has 3 heteroatoms. The average molecular weight is 212 g/mol. The summed E-state index contributed by atoms with van der Waals surface area (Å²) in [6.07, 6.45) is 2.31. The molecule has 0 spiro atoms. The number of carbonyl (C=O) groups excluding carboxylic acids is 1. The smallest absolute Gasteiger partial charge is 0.303 e. The van der Waals surface area contributed by atoms with E-state index in [-0.39, 0.29) is 23.8 Å². The summed E-state index contributed by atoms with van der Waals surface area (Å²) in [4.78, 5) is 11.1. The van der Waals surface area contributed by atoms with Crippen LogP contribution in [0.4, 0.5) is 0 Å². The second-order valence-electron chi connectivity index (χ2n) is 5.37. The second kappa shape index (κ2) is 3.48. The van der Waals surface area contributed by atoms with Crippen LogP contribution in [-0.4, -0.2) is 23.8 Å². The molecule has 0 radical (unpaired) electrons. The Balaban J connectivity index is 2.09. The standard InChI is InChI=1S/C12H20O3/c1-7(2)9-5-6-12(4)11(15-12)10(9)14-8(3)13/h7,9-11H,5-6H2,1-4H3/t9-,10+,11?,12-/m0/s1. The summed E-state index contributed by atoms with van der Waals surface area (Å²) < 4.78 is 11.1. The van der Waals surface area contributed by atoms with Crippen molar-refractivity contribution in [3.05, 3.63) is 0 Å². The summed E-state index contributed by atoms with van der Waals surface area (Å²) in [5.74, 6) is 0.808. The van der Waals surface area contributed by atoms with Crippen molar-refractivity contribution in [1.82, 2.24) is 0 Å². The Morgan fingerprint density at radius 3 is 2.73 bits per heavy atom. The fraction of sp³-hybridized carbons (Fsp3) is 0.917. The molecule has 0 aromatic carbocycles. The van der Waals surface area contributed by atoms with Gasteiger partial charge in [0.2, 0.25) is 0 Å². The van der Waals surface area contributed by atoms with E-state index in [0.717, 1.165) is 12.8 Å². The van der Waals surface area contributed by atoms with Crippen LogP contribution in [0.1, 0.15) is 40.5 Å². The van der Waals surface area contributed by atoms with Crippen molar-refractivity contribution in [2.45, 2.75) is 58.3 Å². The van der Waals surface area contributed by atoms with Crippen LogP contribution < -0.4 is 0 Å². The van der Waals surface area contributed by atoms with Crippen LogP contribution in [0.25, 0.3) is 0 Å². The highest BCUT2D eigenvalue weighted by Crippen LogP contribution is 2.51. The molecule has 0 aromatic rings. The fourth-order valence-corrected chi connectivity index (χ4v) is 2.77. The highest BCUT2D eigenvalue weighted by Gasteiger charge is 2.62. The predicted molar refractivity (Wildman–Crippen MR) is 56.4 cm³/mol. The zero-order chi connectivity index (χ0) is 11.2. The lowest BCUT2D eigenvalue weighted by molar-refractivity contribution is -0.152. The van der Waals surface area contributed by atoms with Crippen LogP contribution in [0.5, 0.6) is 0 Å². The molecule has 0 N–H and O–H groups in total. The number of hydrogen-bond donors (Lipinski definition) is 0. The van der Waals surface area contributed by atoms with Gasteiger partial charge in [0, 0.05) is 12.8 Å². The SMILES string of the molecule is CC(=O)O[C@H]1C2O[C@@]2(C)CC[C@H]1C(C)C. The van der Waals surface area contributed by atoms with Gasteiger partial charge in [0.25, 0.3) is 0 Å². The monoisotopic (exact) mass is 212 g/mol. The highest BCUT2D eigenvalue weighted by atomic mass is 16.6. The Morgan fingerprint density at radius 2 is 2.20 bits per heavy atom. The van der Waals surface area contributed by atoms with Gasteiger partial charge in [-0.15, -0.1) is 0 Å². The lowest BCUT2D eigenvalue weighted by atomic mass is 9.75. The summed E-state index contributed by atoms with van der Waals surface area (Å²) >= 11 is 0. The minimum Gasteiger partial charge on any atom is -0.459 e. The van der Waals surface area contributed by atoms with Crippen LogP contribution >= 0.6 is 0 Å². The first-order chi connectivity index (χ1) is 6.94. The van der Waals surface area contributed by atoms with Crippen molar-refractivity contribution in [3.63, 3.8) is 0 Å². The molecule has 2 aliphatic rings. The van der Waals surface area contributed by atoms with Gasteiger partial charge in [-0.25, -0.2) is 0 Å². The Hall–Kier alpha value is -0.570. The molecular weight excluding hydrogens is 192 g/mol. The normalized spacial score (nSPS) is 43.7. The second-order valence-corrected chi connectivity index (χ2v) is 5.37. The first-order valence-electron chi connectivity index (χ1n) is 5.79. The summed E-state index contributed by atoms with van der Waals surface area (Å²) in [5.41, 5.74) is -0.00843. The van der Waals surface area contributed by atoms with Crippen LogP contribution in [0.15, 0.2) is 0 Å². The first-order valence-corrected chi connectivity index (χ1v) is 5.79. The lowest BCUT2D eigenvalue weighted by Crippen LogP contribution is -2.41. The number of hydrogen-bond acceptors (Lipinski definition) is 3. The molecule has 15 heavy (non-hydrogen) atoms. The quantitative estimate of drug-likeness (QED) is 0.520. The maximum atomic E-state index is 11.1. The fourth-order valence-electron chi connectivity index (χ4n) is 2.77. The van der Waals surface area contributed by atoms with E-state index in [9.17, 15) is 4.79 Å². The van der Waals surface area contributed by atoms with Gasteiger partial charge in [-0.1, -0.05) is 13.8 Å². The molecule has 1 saturated carbocycles. The number of esters is 1. The zero-order valence-corrected chi connectivity index (χ0v) is 9.95. The van der Waals surface area contributed by atoms with Gasteiger partial charge in [-0.05, 0) is 25.7 Å². The van der Waals surface area contributed by atoms with E-state index in [1.165, 1.54) is 6.92 Å². The predicted octanol–water partition coefficient (Wildman–Crippen LogP) is 2.14. The van der Waals surface area contributed by atoms with Crippen LogP contribution in [0.3, 0.4) is 0 Å². The van der Waals surface area contributed by atoms with Gasteiger partial charge in [0.05, 0.1) is 5.60 Å². The molecule has 1 saturated heterocycles. The highest BCUT2D eigenvalue weighted by molar-refractivity contribution is 5.66. The van der Waals surface area contributed by atoms with Crippen molar-refractivity contribution in [1.29, 1.82) is 0 Å². The first kappa shape index (κ1) is 10.9. The number of epoxide rings is 1. The molecule has 0 amide bonds. The summed E-state index contributed by atoms with van der Waals surface area (Å²) in [5, 5.41) is 0. The average Bonchev–Trinajstić information content (AvgIpc) is 2.76. The Kier molecular flexibility index (Phi) is 2.53. The lowest BCUT2D eigenvalue weighted by Gasteiger charge is -2.33. The van der Waals surface area contributed by atoms with Crippen LogP contribution in [0.2, 0.25) is 0 Å². The zero-order valence-electron chi connectivity index (χ0n) is 9.95. The topological polar surface area (TPSA) is 38.8 Å². The third-order valence-electron chi connectivity index (χ3n) is 3.79. The summed E-state index contributed by atoms with van der Waals surface area (Å²) in [6, 6.07) is 0. The maximum Gasteiger partial charge on any atom is 0.303 e. The third-order valence-corrected chi connectivity index (χ3v) is 3.79. The molecule has 1 unspecified atom stereocenters. The molecule has 0 aromatic heterocycles. The summed E-state index contributed by atoms with van der Waals surface area (Å²) in [7, 11) is 0. The van der Waals surface area contributed by atoms with E-state index >= 15 is 0 Å². The van der Waals surface area contributed by atoms with Crippen molar-refractivity contribution in [3.8, 4) is 0 Å². The van der Waals surface area contributed by atoms with Gasteiger partial charge in [-0.2, -0.15) is 0 Å². The van der Waals surface area contributed by atoms with E-state index in [0.29, 0.717) is 11.8 Å². The molecule has 1 aliphatic heterocycles. The van der Waals surface area contributed by atoms with E-state index in [1.807, 2.05) is 0 Å². The van der Waals surface area contributed by atoms with E-state index < -0.39 is 0 Å².